The van der Waals surface area contributed by atoms with Crippen molar-refractivity contribution < 1.29 is 4.74 Å². The molecule has 1 saturated carbocycles. The van der Waals surface area contributed by atoms with Gasteiger partial charge in [-0.2, -0.15) is 0 Å². The fourth-order valence-electron chi connectivity index (χ4n) is 2.38. The van der Waals surface area contributed by atoms with Gasteiger partial charge in [-0.05, 0) is 30.9 Å². The smallest absolute Gasteiger partial charge is 0.0813 e. The zero-order chi connectivity index (χ0) is 12.8. The van der Waals surface area contributed by atoms with Gasteiger partial charge >= 0.3 is 0 Å². The Kier molecular flexibility index (Phi) is 5.25. The molecular weight excluding hydrogens is 242 g/mol. The maximum atomic E-state index is 6.04. The second-order valence-corrected chi connectivity index (χ2v) is 6.05. The van der Waals surface area contributed by atoms with E-state index in [2.05, 4.69) is 30.9 Å². The third-order valence-electron chi connectivity index (χ3n) is 3.45. The van der Waals surface area contributed by atoms with E-state index < -0.39 is 0 Å². The van der Waals surface area contributed by atoms with Crippen LogP contribution in [0.5, 0.6) is 0 Å². The third-order valence-corrected chi connectivity index (χ3v) is 4.42. The van der Waals surface area contributed by atoms with E-state index in [1.165, 1.54) is 30.6 Å². The van der Waals surface area contributed by atoms with Crippen LogP contribution in [0.15, 0.2) is 12.1 Å². The molecule has 1 aliphatic rings. The van der Waals surface area contributed by atoms with E-state index in [-0.39, 0.29) is 0 Å². The number of hydrogen-bond donors (Lipinski definition) is 1. The van der Waals surface area contributed by atoms with Crippen LogP contribution in [0.4, 0.5) is 0 Å². The van der Waals surface area contributed by atoms with Crippen molar-refractivity contribution in [2.45, 2.75) is 45.3 Å². The van der Waals surface area contributed by atoms with Gasteiger partial charge in [0.2, 0.25) is 0 Å². The van der Waals surface area contributed by atoms with Gasteiger partial charge in [0.1, 0.15) is 0 Å². The Bertz CT molecular complexity index is 429. The van der Waals surface area contributed by atoms with Crippen LogP contribution in [-0.2, 0) is 11.3 Å². The number of nitrogens with two attached hydrogens (primary N) is 1. The molecule has 1 heterocycles. The topological polar surface area (TPSA) is 35.2 Å². The normalized spacial score (nSPS) is 23.4. The summed E-state index contributed by atoms with van der Waals surface area (Å²) in [6.07, 6.45) is 5.64. The van der Waals surface area contributed by atoms with Crippen LogP contribution in [0.25, 0.3) is 0 Å². The van der Waals surface area contributed by atoms with Crippen molar-refractivity contribution in [1.29, 1.82) is 0 Å². The van der Waals surface area contributed by atoms with Gasteiger partial charge in [-0.3, -0.25) is 0 Å². The zero-order valence-corrected chi connectivity index (χ0v) is 11.8. The van der Waals surface area contributed by atoms with Gasteiger partial charge < -0.3 is 10.5 Å². The first-order valence-corrected chi connectivity index (χ1v) is 7.50. The van der Waals surface area contributed by atoms with Crippen molar-refractivity contribution in [3.8, 4) is 11.8 Å². The van der Waals surface area contributed by atoms with E-state index in [1.807, 2.05) is 0 Å². The number of rotatable bonds is 3. The standard InChI is InChI=1S/C15H21NOS/c1-12-5-2-3-7-15(12)17-11-14-9-8-13(18-14)6-4-10-16/h8-9,12,15H,2-3,5,7,10-11,16H2,1H3. The minimum Gasteiger partial charge on any atom is -0.372 e. The zero-order valence-electron chi connectivity index (χ0n) is 10.9. The van der Waals surface area contributed by atoms with Gasteiger partial charge in [0, 0.05) is 4.88 Å². The van der Waals surface area contributed by atoms with E-state index in [1.54, 1.807) is 11.3 Å². The molecule has 1 fully saturated rings. The molecule has 2 nitrogen and oxygen atoms in total. The molecule has 2 unspecified atom stereocenters. The second kappa shape index (κ2) is 6.94. The first-order chi connectivity index (χ1) is 8.79. The van der Waals surface area contributed by atoms with Crippen molar-refractivity contribution in [3.05, 3.63) is 21.9 Å². The summed E-state index contributed by atoms with van der Waals surface area (Å²) in [5, 5.41) is 0. The van der Waals surface area contributed by atoms with Gasteiger partial charge in [-0.15, -0.1) is 11.3 Å². The Balaban J connectivity index is 1.84. The first-order valence-electron chi connectivity index (χ1n) is 6.69. The van der Waals surface area contributed by atoms with Crippen LogP contribution in [0.3, 0.4) is 0 Å². The molecule has 2 rings (SSSR count). The average Bonchev–Trinajstić information content (AvgIpc) is 2.83. The highest BCUT2D eigenvalue weighted by atomic mass is 32.1. The lowest BCUT2D eigenvalue weighted by Crippen LogP contribution is -2.25. The Morgan fingerprint density at radius 3 is 3.00 bits per heavy atom. The van der Waals surface area contributed by atoms with Crippen molar-refractivity contribution in [3.63, 3.8) is 0 Å². The largest absolute Gasteiger partial charge is 0.372 e. The molecule has 0 bridgehead atoms. The van der Waals surface area contributed by atoms with Crippen LogP contribution in [0.1, 0.15) is 42.4 Å². The number of ether oxygens (including phenoxy) is 1. The quantitative estimate of drug-likeness (QED) is 0.850. The van der Waals surface area contributed by atoms with Crippen molar-refractivity contribution in [1.82, 2.24) is 0 Å². The van der Waals surface area contributed by atoms with Gasteiger partial charge in [0.05, 0.1) is 24.1 Å². The van der Waals surface area contributed by atoms with Gasteiger partial charge in [-0.25, -0.2) is 0 Å². The number of hydrogen-bond acceptors (Lipinski definition) is 3. The number of thiophene rings is 1. The molecule has 1 aromatic rings. The molecule has 1 aromatic heterocycles. The minimum absolute atomic E-state index is 0.420. The minimum atomic E-state index is 0.420. The monoisotopic (exact) mass is 263 g/mol. The molecule has 0 aromatic carbocycles. The van der Waals surface area contributed by atoms with Crippen LogP contribution in [0.2, 0.25) is 0 Å². The summed E-state index contributed by atoms with van der Waals surface area (Å²) in [5.41, 5.74) is 5.36. The van der Waals surface area contributed by atoms with Gasteiger partial charge in [0.25, 0.3) is 0 Å². The SMILES string of the molecule is CC1CCCCC1OCc1ccc(C#CCN)s1. The van der Waals surface area contributed by atoms with E-state index in [4.69, 9.17) is 10.5 Å². The Morgan fingerprint density at radius 1 is 1.39 bits per heavy atom. The maximum Gasteiger partial charge on any atom is 0.0813 e. The van der Waals surface area contributed by atoms with Crippen LogP contribution in [-0.4, -0.2) is 12.6 Å². The molecule has 0 spiro atoms. The Morgan fingerprint density at radius 2 is 2.22 bits per heavy atom. The van der Waals surface area contributed by atoms with Crippen LogP contribution in [0, 0.1) is 17.8 Å². The summed E-state index contributed by atoms with van der Waals surface area (Å²) in [6.45, 7) is 3.45. The lowest BCUT2D eigenvalue weighted by molar-refractivity contribution is -0.0143. The van der Waals surface area contributed by atoms with E-state index in [9.17, 15) is 0 Å². The first kappa shape index (κ1) is 13.6. The fraction of sp³-hybridized carbons (Fsp3) is 0.600. The van der Waals surface area contributed by atoms with Gasteiger partial charge in [0.15, 0.2) is 0 Å². The third kappa shape index (κ3) is 3.84. The van der Waals surface area contributed by atoms with Crippen molar-refractivity contribution in [2.75, 3.05) is 6.54 Å². The van der Waals surface area contributed by atoms with E-state index in [0.717, 1.165) is 11.5 Å². The Labute approximate surface area is 114 Å². The molecule has 2 N–H and O–H groups in total. The molecule has 0 radical (unpaired) electrons. The summed E-state index contributed by atoms with van der Waals surface area (Å²) in [4.78, 5) is 2.34. The Hall–Kier alpha value is -0.820. The average molecular weight is 263 g/mol. The molecule has 2 atom stereocenters. The molecular formula is C15H21NOS. The molecule has 98 valence electrons. The second-order valence-electron chi connectivity index (χ2n) is 4.88. The maximum absolute atomic E-state index is 6.04. The van der Waals surface area contributed by atoms with Crippen LogP contribution < -0.4 is 5.73 Å². The van der Waals surface area contributed by atoms with Crippen molar-refractivity contribution in [2.24, 2.45) is 11.7 Å². The summed E-state index contributed by atoms with van der Waals surface area (Å²) in [7, 11) is 0. The van der Waals surface area contributed by atoms with E-state index in [0.29, 0.717) is 18.6 Å². The summed E-state index contributed by atoms with van der Waals surface area (Å²) in [6, 6.07) is 4.16. The van der Waals surface area contributed by atoms with E-state index >= 15 is 0 Å². The highest BCUT2D eigenvalue weighted by Gasteiger charge is 2.21. The summed E-state index contributed by atoms with van der Waals surface area (Å²) < 4.78 is 6.04. The molecule has 0 aliphatic heterocycles. The molecule has 0 amide bonds. The predicted molar refractivity (Wildman–Crippen MR) is 76.5 cm³/mol. The fourth-order valence-corrected chi connectivity index (χ4v) is 3.18. The molecule has 1 aliphatic carbocycles. The highest BCUT2D eigenvalue weighted by molar-refractivity contribution is 7.12. The predicted octanol–water partition coefficient (Wildman–Crippen LogP) is 3.15. The van der Waals surface area contributed by atoms with Gasteiger partial charge in [-0.1, -0.05) is 31.6 Å². The lowest BCUT2D eigenvalue weighted by atomic mass is 9.88. The molecule has 0 saturated heterocycles. The highest BCUT2D eigenvalue weighted by Crippen LogP contribution is 2.27. The summed E-state index contributed by atoms with van der Waals surface area (Å²) in [5.74, 6) is 6.64. The van der Waals surface area contributed by atoms with Crippen LogP contribution >= 0.6 is 11.3 Å². The lowest BCUT2D eigenvalue weighted by Gasteiger charge is -2.28. The summed E-state index contributed by atoms with van der Waals surface area (Å²) >= 11 is 1.71. The molecule has 18 heavy (non-hydrogen) atoms. The van der Waals surface area contributed by atoms with Crippen molar-refractivity contribution >= 4 is 11.3 Å². The molecule has 3 heteroatoms.